The maximum atomic E-state index is 11.5. The van der Waals surface area contributed by atoms with Crippen LogP contribution < -0.4 is 0 Å². The molecule has 0 aromatic rings. The van der Waals surface area contributed by atoms with Crippen molar-refractivity contribution in [1.82, 2.24) is 4.90 Å². The van der Waals surface area contributed by atoms with E-state index in [1.807, 2.05) is 0 Å². The first-order chi connectivity index (χ1) is 6.65. The number of hydrogen-bond donors (Lipinski definition) is 1. The highest BCUT2D eigenvalue weighted by molar-refractivity contribution is 5.81. The molecule has 1 aliphatic carbocycles. The van der Waals surface area contributed by atoms with Gasteiger partial charge >= 0.3 is 5.97 Å². The van der Waals surface area contributed by atoms with Gasteiger partial charge in [-0.3, -0.25) is 9.59 Å². The molecule has 0 aliphatic heterocycles. The molecule has 1 rings (SSSR count). The van der Waals surface area contributed by atoms with Crippen LogP contribution in [0.4, 0.5) is 0 Å². The lowest BCUT2D eigenvalue weighted by Crippen LogP contribution is -2.41. The molecule has 4 heteroatoms. The van der Waals surface area contributed by atoms with E-state index in [9.17, 15) is 9.59 Å². The molecular weight excluding hydrogens is 182 g/mol. The molecule has 0 spiro atoms. The number of carboxylic acid groups (broad SMARTS) is 1. The molecule has 14 heavy (non-hydrogen) atoms. The minimum Gasteiger partial charge on any atom is -0.480 e. The van der Waals surface area contributed by atoms with Crippen LogP contribution in [0.5, 0.6) is 0 Å². The molecule has 0 atom stereocenters. The van der Waals surface area contributed by atoms with E-state index in [4.69, 9.17) is 5.11 Å². The number of carbonyl (C=O) groups excluding carboxylic acids is 1. The average molecular weight is 199 g/mol. The maximum Gasteiger partial charge on any atom is 0.323 e. The highest BCUT2D eigenvalue weighted by Gasteiger charge is 2.26. The van der Waals surface area contributed by atoms with Gasteiger partial charge in [0.25, 0.3) is 0 Å². The monoisotopic (exact) mass is 199 g/mol. The Kier molecular flexibility index (Phi) is 3.92. The zero-order valence-corrected chi connectivity index (χ0v) is 8.53. The van der Waals surface area contributed by atoms with Crippen molar-refractivity contribution in [2.45, 2.75) is 45.1 Å². The van der Waals surface area contributed by atoms with Crippen LogP contribution in [0.2, 0.25) is 0 Å². The lowest BCUT2D eigenvalue weighted by molar-refractivity contribution is -0.146. The highest BCUT2D eigenvalue weighted by atomic mass is 16.4. The molecular formula is C10H17NO3. The standard InChI is InChI=1S/C10H17NO3/c1-2-9(12)11(7-10(13)14)8-5-3-4-6-8/h8H,2-7H2,1H3,(H,13,14). The second-order valence-corrected chi connectivity index (χ2v) is 3.71. The smallest absolute Gasteiger partial charge is 0.323 e. The van der Waals surface area contributed by atoms with Crippen LogP contribution in [0.15, 0.2) is 0 Å². The van der Waals surface area contributed by atoms with Gasteiger partial charge in [-0.05, 0) is 12.8 Å². The SMILES string of the molecule is CCC(=O)N(CC(=O)O)C1CCCC1. The van der Waals surface area contributed by atoms with E-state index in [0.717, 1.165) is 25.7 Å². The topological polar surface area (TPSA) is 57.6 Å². The van der Waals surface area contributed by atoms with Crippen molar-refractivity contribution in [2.24, 2.45) is 0 Å². The Bertz CT molecular complexity index is 221. The van der Waals surface area contributed by atoms with Crippen molar-refractivity contribution in [1.29, 1.82) is 0 Å². The first kappa shape index (κ1) is 11.0. The lowest BCUT2D eigenvalue weighted by Gasteiger charge is -2.26. The largest absolute Gasteiger partial charge is 0.480 e. The van der Waals surface area contributed by atoms with E-state index < -0.39 is 5.97 Å². The van der Waals surface area contributed by atoms with Crippen LogP contribution in [0.1, 0.15) is 39.0 Å². The van der Waals surface area contributed by atoms with Crippen molar-refractivity contribution < 1.29 is 14.7 Å². The number of carboxylic acids is 1. The minimum atomic E-state index is -0.918. The van der Waals surface area contributed by atoms with Crippen molar-refractivity contribution in [3.63, 3.8) is 0 Å². The summed E-state index contributed by atoms with van der Waals surface area (Å²) in [5.41, 5.74) is 0. The first-order valence-electron chi connectivity index (χ1n) is 5.16. The van der Waals surface area contributed by atoms with Crippen LogP contribution in [0.25, 0.3) is 0 Å². The predicted molar refractivity (Wildman–Crippen MR) is 51.9 cm³/mol. The molecule has 1 aliphatic rings. The Morgan fingerprint density at radius 3 is 2.36 bits per heavy atom. The fourth-order valence-electron chi connectivity index (χ4n) is 1.99. The van der Waals surface area contributed by atoms with Crippen molar-refractivity contribution >= 4 is 11.9 Å². The molecule has 80 valence electrons. The number of carbonyl (C=O) groups is 2. The molecule has 0 radical (unpaired) electrons. The van der Waals surface area contributed by atoms with E-state index in [2.05, 4.69) is 0 Å². The van der Waals surface area contributed by atoms with Gasteiger partial charge in [0.1, 0.15) is 6.54 Å². The summed E-state index contributed by atoms with van der Waals surface area (Å²) in [5.74, 6) is -0.960. The van der Waals surface area contributed by atoms with E-state index in [-0.39, 0.29) is 18.5 Å². The quantitative estimate of drug-likeness (QED) is 0.741. The first-order valence-corrected chi connectivity index (χ1v) is 5.16. The van der Waals surface area contributed by atoms with Crippen LogP contribution >= 0.6 is 0 Å². The van der Waals surface area contributed by atoms with Gasteiger partial charge in [0.2, 0.25) is 5.91 Å². The van der Waals surface area contributed by atoms with Crippen LogP contribution in [0.3, 0.4) is 0 Å². The normalized spacial score (nSPS) is 16.9. The summed E-state index contributed by atoms with van der Waals surface area (Å²) in [6.07, 6.45) is 4.53. The van der Waals surface area contributed by atoms with Crippen molar-refractivity contribution in [3.05, 3.63) is 0 Å². The second-order valence-electron chi connectivity index (χ2n) is 3.71. The highest BCUT2D eigenvalue weighted by Crippen LogP contribution is 2.23. The summed E-state index contributed by atoms with van der Waals surface area (Å²) in [6.45, 7) is 1.63. The molecule has 0 saturated heterocycles. The van der Waals surface area contributed by atoms with E-state index >= 15 is 0 Å². The van der Waals surface area contributed by atoms with Gasteiger partial charge in [-0.15, -0.1) is 0 Å². The Hall–Kier alpha value is -1.06. The molecule has 1 saturated carbocycles. The zero-order chi connectivity index (χ0) is 10.6. The summed E-state index contributed by atoms with van der Waals surface area (Å²) >= 11 is 0. The third-order valence-corrected chi connectivity index (χ3v) is 2.69. The van der Waals surface area contributed by atoms with Crippen LogP contribution in [-0.2, 0) is 9.59 Å². The van der Waals surface area contributed by atoms with E-state index in [1.54, 1.807) is 6.92 Å². The molecule has 1 fully saturated rings. The van der Waals surface area contributed by atoms with Gasteiger partial charge in [0, 0.05) is 12.5 Å². The summed E-state index contributed by atoms with van der Waals surface area (Å²) < 4.78 is 0. The summed E-state index contributed by atoms with van der Waals surface area (Å²) in [6, 6.07) is 0.165. The summed E-state index contributed by atoms with van der Waals surface area (Å²) in [4.78, 5) is 23.6. The second kappa shape index (κ2) is 4.98. The van der Waals surface area contributed by atoms with Gasteiger partial charge in [-0.1, -0.05) is 19.8 Å². The van der Waals surface area contributed by atoms with E-state index in [0.29, 0.717) is 6.42 Å². The molecule has 0 aromatic carbocycles. The van der Waals surface area contributed by atoms with E-state index in [1.165, 1.54) is 4.90 Å². The molecule has 0 heterocycles. The fourth-order valence-corrected chi connectivity index (χ4v) is 1.99. The number of nitrogens with zero attached hydrogens (tertiary/aromatic N) is 1. The van der Waals surface area contributed by atoms with Gasteiger partial charge in [0.05, 0.1) is 0 Å². The van der Waals surface area contributed by atoms with Gasteiger partial charge < -0.3 is 10.0 Å². The Balaban J connectivity index is 2.59. The lowest BCUT2D eigenvalue weighted by atomic mass is 10.2. The Morgan fingerprint density at radius 2 is 1.93 bits per heavy atom. The van der Waals surface area contributed by atoms with Crippen LogP contribution in [0, 0.1) is 0 Å². The van der Waals surface area contributed by atoms with Crippen molar-refractivity contribution in [2.75, 3.05) is 6.54 Å². The summed E-state index contributed by atoms with van der Waals surface area (Å²) in [7, 11) is 0. The third-order valence-electron chi connectivity index (χ3n) is 2.69. The molecule has 1 amide bonds. The van der Waals surface area contributed by atoms with Crippen molar-refractivity contribution in [3.8, 4) is 0 Å². The number of rotatable bonds is 4. The van der Waals surface area contributed by atoms with Gasteiger partial charge in [-0.2, -0.15) is 0 Å². The zero-order valence-electron chi connectivity index (χ0n) is 8.53. The third kappa shape index (κ3) is 2.72. The average Bonchev–Trinajstić information content (AvgIpc) is 2.65. The Morgan fingerprint density at radius 1 is 1.36 bits per heavy atom. The molecule has 0 bridgehead atoms. The molecule has 1 N–H and O–H groups in total. The Labute approximate surface area is 83.9 Å². The van der Waals surface area contributed by atoms with Gasteiger partial charge in [0.15, 0.2) is 0 Å². The van der Waals surface area contributed by atoms with Crippen LogP contribution in [-0.4, -0.2) is 34.5 Å². The number of hydrogen-bond acceptors (Lipinski definition) is 2. The minimum absolute atomic E-state index is 0.0423. The number of aliphatic carboxylic acids is 1. The molecule has 4 nitrogen and oxygen atoms in total. The number of amides is 1. The van der Waals surface area contributed by atoms with Gasteiger partial charge in [-0.25, -0.2) is 0 Å². The summed E-state index contributed by atoms with van der Waals surface area (Å²) in [5, 5.41) is 8.69. The fraction of sp³-hybridized carbons (Fsp3) is 0.800. The molecule has 0 aromatic heterocycles. The predicted octanol–water partition coefficient (Wildman–Crippen LogP) is 1.25. The molecule has 0 unspecified atom stereocenters. The maximum absolute atomic E-state index is 11.5.